The average molecular weight is 456 g/mol. The van der Waals surface area contributed by atoms with Crippen molar-refractivity contribution >= 4 is 46.8 Å². The number of rotatable bonds is 7. The second-order valence-electron chi connectivity index (χ2n) is 7.54. The highest BCUT2D eigenvalue weighted by Gasteiger charge is 2.36. The van der Waals surface area contributed by atoms with Gasteiger partial charge < -0.3 is 19.9 Å². The van der Waals surface area contributed by atoms with Gasteiger partial charge in [-0.05, 0) is 54.8 Å². The Bertz CT molecular complexity index is 1010. The van der Waals surface area contributed by atoms with E-state index >= 15 is 0 Å². The second-order valence-corrected chi connectivity index (χ2v) is 8.42. The molecule has 0 bridgehead atoms. The van der Waals surface area contributed by atoms with Crippen LogP contribution in [0.1, 0.15) is 16.8 Å². The maximum Gasteiger partial charge on any atom is 0.311 e. The van der Waals surface area contributed by atoms with E-state index in [4.69, 9.17) is 4.74 Å². The van der Waals surface area contributed by atoms with Crippen LogP contribution in [0.2, 0.25) is 0 Å². The molecule has 1 aliphatic heterocycles. The van der Waals surface area contributed by atoms with E-state index < -0.39 is 24.4 Å². The van der Waals surface area contributed by atoms with Gasteiger partial charge in [-0.15, -0.1) is 11.8 Å². The molecule has 1 aliphatic rings. The standard InChI is InChI=1S/C23H25N3O5S/c1-25(2)22(29)15-4-6-17(7-5-15)24-20(27)14-31-23(30)16-12-21(28)26(13-16)18-8-10-19(32-3)11-9-18/h4-11,16H,12-14H2,1-3H3,(H,24,27)/t16-/m0/s1. The molecule has 3 rings (SSSR count). The molecular weight excluding hydrogens is 430 g/mol. The van der Waals surface area contributed by atoms with Crippen LogP contribution >= 0.6 is 11.8 Å². The zero-order valence-electron chi connectivity index (χ0n) is 18.2. The zero-order chi connectivity index (χ0) is 23.3. The number of thioether (sulfide) groups is 1. The van der Waals surface area contributed by atoms with Crippen LogP contribution in [0, 0.1) is 5.92 Å². The number of ether oxygens (including phenoxy) is 1. The minimum absolute atomic E-state index is 0.0477. The number of esters is 1. The molecule has 2 aromatic carbocycles. The van der Waals surface area contributed by atoms with Crippen molar-refractivity contribution in [2.75, 3.05) is 43.7 Å². The van der Waals surface area contributed by atoms with Crippen LogP contribution in [0.25, 0.3) is 0 Å². The Kier molecular flexibility index (Phi) is 7.53. The van der Waals surface area contributed by atoms with Crippen LogP contribution < -0.4 is 10.2 Å². The van der Waals surface area contributed by atoms with Crippen LogP contribution in [0.3, 0.4) is 0 Å². The van der Waals surface area contributed by atoms with E-state index in [-0.39, 0.29) is 24.8 Å². The molecule has 0 saturated carbocycles. The Morgan fingerprint density at radius 1 is 1.09 bits per heavy atom. The molecule has 2 aromatic rings. The number of benzene rings is 2. The molecule has 168 valence electrons. The molecule has 32 heavy (non-hydrogen) atoms. The van der Waals surface area contributed by atoms with Gasteiger partial charge >= 0.3 is 5.97 Å². The summed E-state index contributed by atoms with van der Waals surface area (Å²) in [5.41, 5.74) is 1.72. The van der Waals surface area contributed by atoms with Crippen molar-refractivity contribution in [3.8, 4) is 0 Å². The Labute approximate surface area is 190 Å². The Hall–Kier alpha value is -3.33. The normalized spacial score (nSPS) is 15.4. The van der Waals surface area contributed by atoms with Crippen molar-refractivity contribution in [3.63, 3.8) is 0 Å². The third-order valence-corrected chi connectivity index (χ3v) is 5.75. The van der Waals surface area contributed by atoms with E-state index in [9.17, 15) is 19.2 Å². The lowest BCUT2D eigenvalue weighted by Gasteiger charge is -2.16. The molecule has 1 heterocycles. The lowest BCUT2D eigenvalue weighted by atomic mass is 10.1. The number of nitrogens with zero attached hydrogens (tertiary/aromatic N) is 2. The first-order valence-electron chi connectivity index (χ1n) is 10.0. The Morgan fingerprint density at radius 2 is 1.75 bits per heavy atom. The van der Waals surface area contributed by atoms with Crippen LogP contribution in [-0.2, 0) is 19.1 Å². The molecule has 3 amide bonds. The number of hydrogen-bond donors (Lipinski definition) is 1. The van der Waals surface area contributed by atoms with E-state index in [1.807, 2.05) is 30.5 Å². The van der Waals surface area contributed by atoms with Gasteiger partial charge in [0.25, 0.3) is 11.8 Å². The summed E-state index contributed by atoms with van der Waals surface area (Å²) in [6.07, 6.45) is 2.02. The monoisotopic (exact) mass is 455 g/mol. The van der Waals surface area contributed by atoms with Gasteiger partial charge in [0.2, 0.25) is 5.91 Å². The average Bonchev–Trinajstić information content (AvgIpc) is 3.19. The third-order valence-electron chi connectivity index (χ3n) is 5.01. The van der Waals surface area contributed by atoms with Crippen molar-refractivity contribution < 1.29 is 23.9 Å². The Morgan fingerprint density at radius 3 is 2.34 bits per heavy atom. The molecule has 9 heteroatoms. The summed E-state index contributed by atoms with van der Waals surface area (Å²) in [6.45, 7) is -0.233. The van der Waals surface area contributed by atoms with Gasteiger partial charge in [-0.2, -0.15) is 0 Å². The number of carbonyl (C=O) groups excluding carboxylic acids is 4. The summed E-state index contributed by atoms with van der Waals surface area (Å²) >= 11 is 1.61. The SMILES string of the molecule is CSc1ccc(N2C[C@@H](C(=O)OCC(=O)Nc3ccc(C(=O)N(C)C)cc3)CC2=O)cc1. The molecule has 1 N–H and O–H groups in total. The molecule has 0 aliphatic carbocycles. The minimum atomic E-state index is -0.619. The lowest BCUT2D eigenvalue weighted by Crippen LogP contribution is -2.28. The fourth-order valence-corrected chi connectivity index (χ4v) is 3.69. The summed E-state index contributed by atoms with van der Waals surface area (Å²) in [6, 6.07) is 14.0. The van der Waals surface area contributed by atoms with Gasteiger partial charge in [0.05, 0.1) is 5.92 Å². The van der Waals surface area contributed by atoms with Crippen molar-refractivity contribution in [1.29, 1.82) is 0 Å². The number of nitrogens with one attached hydrogen (secondary N) is 1. The summed E-state index contributed by atoms with van der Waals surface area (Å²) in [7, 11) is 3.31. The van der Waals surface area contributed by atoms with Gasteiger partial charge in [0.15, 0.2) is 6.61 Å². The number of carbonyl (C=O) groups is 4. The lowest BCUT2D eigenvalue weighted by molar-refractivity contribution is -0.151. The van der Waals surface area contributed by atoms with Gasteiger partial charge in [0, 0.05) is 48.9 Å². The maximum absolute atomic E-state index is 12.4. The predicted molar refractivity (Wildman–Crippen MR) is 123 cm³/mol. The number of anilines is 2. The van der Waals surface area contributed by atoms with Gasteiger partial charge in [0.1, 0.15) is 0 Å². The van der Waals surface area contributed by atoms with Crippen molar-refractivity contribution in [2.45, 2.75) is 11.3 Å². The fourth-order valence-electron chi connectivity index (χ4n) is 3.28. The maximum atomic E-state index is 12.4. The first kappa shape index (κ1) is 23.3. The highest BCUT2D eigenvalue weighted by Crippen LogP contribution is 2.27. The highest BCUT2D eigenvalue weighted by molar-refractivity contribution is 7.98. The fraction of sp³-hybridized carbons (Fsp3) is 0.304. The molecule has 0 unspecified atom stereocenters. The first-order valence-corrected chi connectivity index (χ1v) is 11.2. The van der Waals surface area contributed by atoms with Gasteiger partial charge in [-0.1, -0.05) is 0 Å². The molecule has 0 aromatic heterocycles. The van der Waals surface area contributed by atoms with Gasteiger partial charge in [-0.3, -0.25) is 19.2 Å². The topological polar surface area (TPSA) is 96.0 Å². The summed E-state index contributed by atoms with van der Waals surface area (Å²) in [4.78, 5) is 52.9. The molecule has 0 spiro atoms. The number of hydrogen-bond acceptors (Lipinski definition) is 6. The minimum Gasteiger partial charge on any atom is -0.455 e. The molecule has 1 fully saturated rings. The zero-order valence-corrected chi connectivity index (χ0v) is 19.0. The van der Waals surface area contributed by atoms with E-state index in [0.29, 0.717) is 11.3 Å². The summed E-state index contributed by atoms with van der Waals surface area (Å²) in [5.74, 6) is -1.99. The molecular formula is C23H25N3O5S. The molecule has 1 saturated heterocycles. The second kappa shape index (κ2) is 10.3. The number of amides is 3. The van der Waals surface area contributed by atoms with Crippen LogP contribution in [-0.4, -0.2) is 62.1 Å². The first-order chi connectivity index (χ1) is 15.3. The van der Waals surface area contributed by atoms with Crippen molar-refractivity contribution in [1.82, 2.24) is 4.90 Å². The van der Waals surface area contributed by atoms with E-state index in [0.717, 1.165) is 10.6 Å². The quantitative estimate of drug-likeness (QED) is 0.509. The molecule has 8 nitrogen and oxygen atoms in total. The van der Waals surface area contributed by atoms with Crippen molar-refractivity contribution in [3.05, 3.63) is 54.1 Å². The smallest absolute Gasteiger partial charge is 0.311 e. The van der Waals surface area contributed by atoms with Gasteiger partial charge in [-0.25, -0.2) is 0 Å². The van der Waals surface area contributed by atoms with E-state index in [1.54, 1.807) is 55.0 Å². The van der Waals surface area contributed by atoms with E-state index in [2.05, 4.69) is 5.32 Å². The van der Waals surface area contributed by atoms with Crippen LogP contribution in [0.5, 0.6) is 0 Å². The third kappa shape index (κ3) is 5.67. The van der Waals surface area contributed by atoms with Crippen LogP contribution in [0.4, 0.5) is 11.4 Å². The largest absolute Gasteiger partial charge is 0.455 e. The van der Waals surface area contributed by atoms with Crippen LogP contribution in [0.15, 0.2) is 53.4 Å². The predicted octanol–water partition coefficient (Wildman–Crippen LogP) is 2.65. The summed E-state index contributed by atoms with van der Waals surface area (Å²) in [5, 5.41) is 2.62. The summed E-state index contributed by atoms with van der Waals surface area (Å²) < 4.78 is 5.13. The molecule has 0 radical (unpaired) electrons. The highest BCUT2D eigenvalue weighted by atomic mass is 32.2. The van der Waals surface area contributed by atoms with E-state index in [1.165, 1.54) is 4.90 Å². The molecule has 1 atom stereocenters. The Balaban J connectivity index is 1.49. The van der Waals surface area contributed by atoms with Crippen molar-refractivity contribution in [2.24, 2.45) is 5.92 Å².